The predicted molar refractivity (Wildman–Crippen MR) is 381 cm³/mol. The summed E-state index contributed by atoms with van der Waals surface area (Å²) in [5.74, 6) is -0.501. The van der Waals surface area contributed by atoms with Gasteiger partial charge in [-0.05, 0) is 37.5 Å². The van der Waals surface area contributed by atoms with Gasteiger partial charge in [0, 0.05) is 25.7 Å². The molecule has 0 fully saturated rings. The third-order valence-electron chi connectivity index (χ3n) is 17.5. The van der Waals surface area contributed by atoms with Crippen molar-refractivity contribution < 1.29 is 80.2 Å². The van der Waals surface area contributed by atoms with Crippen LogP contribution in [0.2, 0.25) is 0 Å². The Morgan fingerprint density at radius 1 is 0.287 bits per heavy atom. The Kier molecular flexibility index (Phi) is 65.5. The number of unbranched alkanes of at least 4 members (excludes halogenated alkanes) is 44. The lowest BCUT2D eigenvalue weighted by Gasteiger charge is -2.21. The van der Waals surface area contributed by atoms with Crippen molar-refractivity contribution in [2.24, 2.45) is 11.8 Å². The topological polar surface area (TPSA) is 237 Å². The van der Waals surface area contributed by atoms with Crippen molar-refractivity contribution in [2.75, 3.05) is 39.6 Å². The van der Waals surface area contributed by atoms with E-state index in [2.05, 4.69) is 41.5 Å². The van der Waals surface area contributed by atoms with Gasteiger partial charge in [0.15, 0.2) is 12.2 Å². The Hall–Kier alpha value is -1.94. The molecule has 0 aliphatic heterocycles. The molecular formula is C75H146O17P2. The average molecular weight is 1380 g/mol. The van der Waals surface area contributed by atoms with Crippen molar-refractivity contribution in [1.82, 2.24) is 0 Å². The first kappa shape index (κ1) is 92.1. The van der Waals surface area contributed by atoms with Crippen molar-refractivity contribution >= 4 is 39.5 Å². The fraction of sp³-hybridized carbons (Fsp3) is 0.947. The molecule has 17 nitrogen and oxygen atoms in total. The van der Waals surface area contributed by atoms with E-state index in [1.807, 2.05) is 0 Å². The maximum atomic E-state index is 13.1. The van der Waals surface area contributed by atoms with E-state index in [-0.39, 0.29) is 25.7 Å². The van der Waals surface area contributed by atoms with Gasteiger partial charge in [0.2, 0.25) is 0 Å². The van der Waals surface area contributed by atoms with Crippen LogP contribution in [0.4, 0.5) is 0 Å². The molecule has 0 aromatic rings. The highest BCUT2D eigenvalue weighted by Gasteiger charge is 2.30. The second-order valence-electron chi connectivity index (χ2n) is 28.0. The zero-order chi connectivity index (χ0) is 69.3. The summed E-state index contributed by atoms with van der Waals surface area (Å²) in [5.41, 5.74) is 0. The largest absolute Gasteiger partial charge is 0.472 e. The minimum atomic E-state index is -4.96. The van der Waals surface area contributed by atoms with Gasteiger partial charge in [0.1, 0.15) is 19.3 Å². The predicted octanol–water partition coefficient (Wildman–Crippen LogP) is 21.9. The van der Waals surface area contributed by atoms with Gasteiger partial charge in [-0.2, -0.15) is 0 Å². The average Bonchev–Trinajstić information content (AvgIpc) is 1.53. The van der Waals surface area contributed by atoms with E-state index in [4.69, 9.17) is 37.0 Å². The molecule has 558 valence electrons. The van der Waals surface area contributed by atoms with E-state index in [0.717, 1.165) is 115 Å². The summed E-state index contributed by atoms with van der Waals surface area (Å²) in [5, 5.41) is 10.6. The van der Waals surface area contributed by atoms with E-state index in [1.54, 1.807) is 0 Å². The molecule has 19 heteroatoms. The van der Waals surface area contributed by atoms with Crippen LogP contribution in [-0.4, -0.2) is 96.7 Å². The number of phosphoric ester groups is 2. The summed E-state index contributed by atoms with van der Waals surface area (Å²) in [7, 11) is -9.90. The molecule has 0 aliphatic rings. The zero-order valence-electron chi connectivity index (χ0n) is 61.3. The van der Waals surface area contributed by atoms with Crippen LogP contribution in [-0.2, 0) is 65.4 Å². The Labute approximate surface area is 575 Å². The monoisotopic (exact) mass is 1380 g/mol. The molecule has 2 unspecified atom stereocenters. The number of aliphatic hydroxyl groups excluding tert-OH is 1. The Bertz CT molecular complexity index is 1820. The minimum Gasteiger partial charge on any atom is -0.462 e. The van der Waals surface area contributed by atoms with Gasteiger partial charge in [-0.25, -0.2) is 9.13 Å². The normalized spacial score (nSPS) is 14.0. The molecule has 94 heavy (non-hydrogen) atoms. The quantitative estimate of drug-likeness (QED) is 0.0222. The highest BCUT2D eigenvalue weighted by atomic mass is 31.2. The molecule has 0 aliphatic carbocycles. The second kappa shape index (κ2) is 66.9. The Morgan fingerprint density at radius 3 is 0.723 bits per heavy atom. The lowest BCUT2D eigenvalue weighted by Crippen LogP contribution is -2.30. The zero-order valence-corrected chi connectivity index (χ0v) is 63.1. The summed E-state index contributed by atoms with van der Waals surface area (Å²) < 4.78 is 68.3. The molecule has 0 amide bonds. The number of rotatable bonds is 74. The van der Waals surface area contributed by atoms with Crippen LogP contribution in [0.1, 0.15) is 388 Å². The van der Waals surface area contributed by atoms with Crippen molar-refractivity contribution in [2.45, 2.75) is 407 Å². The van der Waals surface area contributed by atoms with Crippen molar-refractivity contribution in [3.63, 3.8) is 0 Å². The molecule has 0 aromatic heterocycles. The van der Waals surface area contributed by atoms with Crippen LogP contribution in [0.15, 0.2) is 0 Å². The van der Waals surface area contributed by atoms with Crippen molar-refractivity contribution in [3.05, 3.63) is 0 Å². The first-order chi connectivity index (χ1) is 45.4. The molecule has 0 aromatic carbocycles. The smallest absolute Gasteiger partial charge is 0.462 e. The highest BCUT2D eigenvalue weighted by Crippen LogP contribution is 2.45. The van der Waals surface area contributed by atoms with Crippen LogP contribution in [0.5, 0.6) is 0 Å². The summed E-state index contributed by atoms with van der Waals surface area (Å²) in [4.78, 5) is 72.5. The van der Waals surface area contributed by atoms with E-state index in [1.165, 1.54) is 193 Å². The summed E-state index contributed by atoms with van der Waals surface area (Å²) in [6.45, 7) is 9.59. The van der Waals surface area contributed by atoms with Crippen LogP contribution >= 0.6 is 15.6 Å². The van der Waals surface area contributed by atoms with Crippen molar-refractivity contribution in [1.29, 1.82) is 0 Å². The number of esters is 4. The second-order valence-corrected chi connectivity index (χ2v) is 30.9. The number of hydrogen-bond acceptors (Lipinski definition) is 15. The van der Waals surface area contributed by atoms with Crippen LogP contribution in [0.25, 0.3) is 0 Å². The van der Waals surface area contributed by atoms with Crippen molar-refractivity contribution in [3.8, 4) is 0 Å². The number of ether oxygens (including phenoxy) is 4. The number of hydrogen-bond donors (Lipinski definition) is 3. The maximum absolute atomic E-state index is 13.1. The lowest BCUT2D eigenvalue weighted by atomic mass is 10.0. The van der Waals surface area contributed by atoms with Gasteiger partial charge in [-0.3, -0.25) is 37.3 Å². The maximum Gasteiger partial charge on any atom is 0.472 e. The molecule has 0 radical (unpaired) electrons. The highest BCUT2D eigenvalue weighted by molar-refractivity contribution is 7.47. The molecule has 0 heterocycles. The number of aliphatic hydroxyl groups is 1. The number of phosphoric acid groups is 2. The molecule has 0 saturated carbocycles. The molecule has 0 rings (SSSR count). The molecule has 3 N–H and O–H groups in total. The first-order valence-corrected chi connectivity index (χ1v) is 42.0. The Balaban J connectivity index is 5.15. The number of carbonyl (C=O) groups is 4. The molecule has 0 saturated heterocycles. The van der Waals surface area contributed by atoms with Gasteiger partial charge in [0.25, 0.3) is 0 Å². The molecular weight excluding hydrogens is 1230 g/mol. The molecule has 5 atom stereocenters. The SMILES string of the molecule is CCCCCCCCCCC(=O)OC[C@H](COP(=O)(O)OC[C@H](O)COP(=O)(O)OC[C@@H](COC(=O)CCCCCCCCCCCCCCCCCCC(C)C)OC(=O)CCCCCCCCCCCCCCCCCCC(C)C)OC(=O)CCCCCCCCCC. The lowest BCUT2D eigenvalue weighted by molar-refractivity contribution is -0.161. The standard InChI is InChI=1S/C75H146O17P2/c1-7-9-11-13-15-39-45-51-57-72(77)85-63-70(91-74(79)59-53-47-40-16-14-12-10-8-2)65-89-93(81,82)87-61-69(76)62-88-94(83,84)90-66-71(92-75(80)60-54-48-42-36-32-28-24-20-18-22-26-30-34-38-44-50-56-68(5)6)64-86-73(78)58-52-46-41-35-31-27-23-19-17-21-25-29-33-37-43-49-55-67(3)4/h67-71,76H,7-66H2,1-6H3,(H,81,82)(H,83,84)/t69-,70+,71+/m0/s1. The summed E-state index contributed by atoms with van der Waals surface area (Å²) >= 11 is 0. The summed E-state index contributed by atoms with van der Waals surface area (Å²) in [6.07, 6.45) is 54.4. The third kappa shape index (κ3) is 68.6. The van der Waals surface area contributed by atoms with E-state index < -0.39 is 97.5 Å². The fourth-order valence-electron chi connectivity index (χ4n) is 11.5. The minimum absolute atomic E-state index is 0.105. The van der Waals surface area contributed by atoms with Crippen LogP contribution in [0.3, 0.4) is 0 Å². The van der Waals surface area contributed by atoms with E-state index >= 15 is 0 Å². The van der Waals surface area contributed by atoms with Gasteiger partial charge in [0.05, 0.1) is 26.4 Å². The third-order valence-corrected chi connectivity index (χ3v) is 19.4. The van der Waals surface area contributed by atoms with Gasteiger partial charge < -0.3 is 33.8 Å². The number of carbonyl (C=O) groups excluding carboxylic acids is 4. The van der Waals surface area contributed by atoms with Gasteiger partial charge in [-0.15, -0.1) is 0 Å². The van der Waals surface area contributed by atoms with Gasteiger partial charge >= 0.3 is 39.5 Å². The van der Waals surface area contributed by atoms with E-state index in [0.29, 0.717) is 25.7 Å². The Morgan fingerprint density at radius 2 is 0.489 bits per heavy atom. The van der Waals surface area contributed by atoms with Gasteiger partial charge in [-0.1, -0.05) is 337 Å². The van der Waals surface area contributed by atoms with E-state index in [9.17, 15) is 43.2 Å². The first-order valence-electron chi connectivity index (χ1n) is 39.0. The molecule has 0 spiro atoms. The van der Waals surface area contributed by atoms with Crippen LogP contribution < -0.4 is 0 Å². The summed E-state index contributed by atoms with van der Waals surface area (Å²) in [6, 6.07) is 0. The van der Waals surface area contributed by atoms with Crippen LogP contribution in [0, 0.1) is 11.8 Å². The fourth-order valence-corrected chi connectivity index (χ4v) is 13.1. The molecule has 0 bridgehead atoms.